The predicted molar refractivity (Wildman–Crippen MR) is 118 cm³/mol. The van der Waals surface area contributed by atoms with E-state index >= 15 is 0 Å². The van der Waals surface area contributed by atoms with E-state index in [1.54, 1.807) is 30.1 Å². The third kappa shape index (κ3) is 2.88. The zero-order chi connectivity index (χ0) is 22.6. The highest BCUT2D eigenvalue weighted by Gasteiger charge is 2.75. The lowest BCUT2D eigenvalue weighted by molar-refractivity contribution is -0.132. The number of carbonyl (C=O) groups excluding carboxylic acids is 1. The lowest BCUT2D eigenvalue weighted by Gasteiger charge is -2.23. The molecule has 9 nitrogen and oxygen atoms in total. The van der Waals surface area contributed by atoms with Gasteiger partial charge in [0.2, 0.25) is 11.7 Å². The molecule has 2 aromatic heterocycles. The molecule has 32 heavy (non-hydrogen) atoms. The van der Waals surface area contributed by atoms with E-state index in [1.807, 2.05) is 12.1 Å². The first-order valence-electron chi connectivity index (χ1n) is 10.2. The molecule has 2 aliphatic rings. The summed E-state index contributed by atoms with van der Waals surface area (Å²) in [5.41, 5.74) is 0.639. The fraction of sp³-hybridized carbons (Fsp3) is 0.364. The van der Waals surface area contributed by atoms with Gasteiger partial charge < -0.3 is 25.4 Å². The van der Waals surface area contributed by atoms with Gasteiger partial charge in [0.05, 0.1) is 28.9 Å². The second kappa shape index (κ2) is 7.45. The Balaban J connectivity index is 1.59. The van der Waals surface area contributed by atoms with Crippen molar-refractivity contribution in [2.75, 3.05) is 19.4 Å². The zero-order valence-corrected chi connectivity index (χ0v) is 18.1. The number of anilines is 1. The van der Waals surface area contributed by atoms with Crippen LogP contribution in [0.1, 0.15) is 23.9 Å². The number of fused-ring (bicyclic) bond motifs is 2. The molecule has 0 aliphatic heterocycles. The minimum atomic E-state index is -1.17. The molecule has 5 atom stereocenters. The quantitative estimate of drug-likeness (QED) is 0.436. The standard InChI is InChI=1S/C22H21ClN6O3/c1-24-19-15-20(28-14(27-19)8-7-11-5-3-4-6-13(11)23)29(10-26-15)16-12-9-22(12,21(32)25-2)18(31)17(16)30/h3-6,10,12,16-18,30-31H,9H2,1-2H3,(H,25,32)(H,24,27,28)/t12-,16-,17-,18?,22+/m1/s1. The van der Waals surface area contributed by atoms with Gasteiger partial charge in [-0.3, -0.25) is 4.79 Å². The molecule has 0 radical (unpaired) electrons. The number of hydrogen-bond donors (Lipinski definition) is 4. The summed E-state index contributed by atoms with van der Waals surface area (Å²) >= 11 is 6.18. The number of nitrogens with zero attached hydrogens (tertiary/aromatic N) is 4. The fourth-order valence-corrected chi connectivity index (χ4v) is 5.02. The molecular formula is C22H21ClN6O3. The highest BCUT2D eigenvalue weighted by atomic mass is 35.5. The number of hydrogen-bond acceptors (Lipinski definition) is 7. The fourth-order valence-electron chi connectivity index (χ4n) is 4.84. The van der Waals surface area contributed by atoms with Crippen LogP contribution >= 0.6 is 11.6 Å². The summed E-state index contributed by atoms with van der Waals surface area (Å²) < 4.78 is 1.72. The third-order valence-corrected chi connectivity index (χ3v) is 6.81. The van der Waals surface area contributed by atoms with E-state index in [1.165, 1.54) is 7.05 Å². The zero-order valence-electron chi connectivity index (χ0n) is 17.4. The summed E-state index contributed by atoms with van der Waals surface area (Å²) in [6.45, 7) is 0. The maximum Gasteiger partial charge on any atom is 0.229 e. The third-order valence-electron chi connectivity index (χ3n) is 6.48. The van der Waals surface area contributed by atoms with Crippen LogP contribution in [0.4, 0.5) is 5.82 Å². The molecule has 10 heteroatoms. The molecule has 0 spiro atoms. The van der Waals surface area contributed by atoms with Crippen molar-refractivity contribution in [1.82, 2.24) is 24.8 Å². The molecule has 2 saturated carbocycles. The molecular weight excluding hydrogens is 432 g/mol. The summed E-state index contributed by atoms with van der Waals surface area (Å²) in [5, 5.41) is 27.6. The van der Waals surface area contributed by atoms with Crippen molar-refractivity contribution in [2.24, 2.45) is 11.3 Å². The first-order valence-corrected chi connectivity index (χ1v) is 10.6. The van der Waals surface area contributed by atoms with Crippen molar-refractivity contribution in [2.45, 2.75) is 24.7 Å². The Morgan fingerprint density at radius 2 is 2.03 bits per heavy atom. The number of halogens is 1. The van der Waals surface area contributed by atoms with Crippen molar-refractivity contribution < 1.29 is 15.0 Å². The van der Waals surface area contributed by atoms with Gasteiger partial charge in [-0.15, -0.1) is 0 Å². The Morgan fingerprint density at radius 3 is 2.75 bits per heavy atom. The summed E-state index contributed by atoms with van der Waals surface area (Å²) in [5.74, 6) is 6.17. The van der Waals surface area contributed by atoms with Gasteiger partial charge >= 0.3 is 0 Å². The second-order valence-electron chi connectivity index (χ2n) is 8.06. The highest BCUT2D eigenvalue weighted by molar-refractivity contribution is 6.31. The molecule has 4 N–H and O–H groups in total. The normalized spacial score (nSPS) is 28.0. The average molecular weight is 453 g/mol. The minimum absolute atomic E-state index is 0.226. The topological polar surface area (TPSA) is 125 Å². The van der Waals surface area contributed by atoms with Crippen molar-refractivity contribution >= 4 is 34.5 Å². The number of nitrogens with one attached hydrogen (secondary N) is 2. The Labute approximate surface area is 188 Å². The van der Waals surface area contributed by atoms with Gasteiger partial charge in [0.15, 0.2) is 17.0 Å². The number of aliphatic hydroxyl groups is 2. The summed E-state index contributed by atoms with van der Waals surface area (Å²) in [4.78, 5) is 25.9. The van der Waals surface area contributed by atoms with Crippen LogP contribution in [0.25, 0.3) is 11.2 Å². The molecule has 1 aromatic carbocycles. The number of carbonyl (C=O) groups is 1. The lowest BCUT2D eigenvalue weighted by Crippen LogP contribution is -2.41. The van der Waals surface area contributed by atoms with E-state index in [0.717, 1.165) is 0 Å². The molecule has 5 rings (SSSR count). The Morgan fingerprint density at radius 1 is 1.25 bits per heavy atom. The molecule has 0 saturated heterocycles. The van der Waals surface area contributed by atoms with E-state index in [0.29, 0.717) is 34.0 Å². The van der Waals surface area contributed by atoms with Gasteiger partial charge in [-0.05, 0) is 24.5 Å². The molecule has 2 heterocycles. The van der Waals surface area contributed by atoms with Crippen LogP contribution < -0.4 is 10.6 Å². The monoisotopic (exact) mass is 452 g/mol. The van der Waals surface area contributed by atoms with Crippen LogP contribution in [0.15, 0.2) is 30.6 Å². The van der Waals surface area contributed by atoms with E-state index in [4.69, 9.17) is 11.6 Å². The molecule has 3 aromatic rings. The van der Waals surface area contributed by atoms with Gasteiger partial charge in [0.1, 0.15) is 6.10 Å². The van der Waals surface area contributed by atoms with Gasteiger partial charge in [-0.25, -0.2) is 15.0 Å². The van der Waals surface area contributed by atoms with Gasteiger partial charge in [-0.1, -0.05) is 29.7 Å². The van der Waals surface area contributed by atoms with Crippen molar-refractivity contribution in [3.05, 3.63) is 47.0 Å². The maximum atomic E-state index is 12.4. The number of amides is 1. The lowest BCUT2D eigenvalue weighted by atomic mass is 9.98. The smallest absolute Gasteiger partial charge is 0.229 e. The molecule has 2 fully saturated rings. The van der Waals surface area contributed by atoms with Crippen molar-refractivity contribution in [1.29, 1.82) is 0 Å². The SMILES string of the molecule is CNC(=O)[C@@]12C[C@@H]1[C@@H](n1cnc3c(NC)nc(C#Cc4ccccc4Cl)nc31)[C@@H](O)C2O. The van der Waals surface area contributed by atoms with E-state index < -0.39 is 23.7 Å². The molecule has 164 valence electrons. The first kappa shape index (κ1) is 20.7. The van der Waals surface area contributed by atoms with Crippen LogP contribution in [0, 0.1) is 23.2 Å². The second-order valence-corrected chi connectivity index (χ2v) is 8.46. The summed E-state index contributed by atoms with van der Waals surface area (Å²) in [6.07, 6.45) is -0.253. The summed E-state index contributed by atoms with van der Waals surface area (Å²) in [7, 11) is 3.25. The van der Waals surface area contributed by atoms with Crippen LogP contribution in [-0.4, -0.2) is 61.9 Å². The van der Waals surface area contributed by atoms with Gasteiger partial charge in [0, 0.05) is 25.6 Å². The van der Waals surface area contributed by atoms with Crippen LogP contribution in [-0.2, 0) is 4.79 Å². The number of imidazole rings is 1. The number of rotatable bonds is 3. The largest absolute Gasteiger partial charge is 0.389 e. The van der Waals surface area contributed by atoms with Gasteiger partial charge in [0.25, 0.3) is 0 Å². The van der Waals surface area contributed by atoms with Crippen LogP contribution in [0.5, 0.6) is 0 Å². The van der Waals surface area contributed by atoms with Crippen LogP contribution in [0.3, 0.4) is 0 Å². The van der Waals surface area contributed by atoms with Crippen LogP contribution in [0.2, 0.25) is 5.02 Å². The first-order chi connectivity index (χ1) is 15.4. The van der Waals surface area contributed by atoms with E-state index in [9.17, 15) is 15.0 Å². The molecule has 1 unspecified atom stereocenters. The predicted octanol–water partition coefficient (Wildman–Crippen LogP) is 0.950. The Hall–Kier alpha value is -3.19. The number of aliphatic hydroxyl groups excluding tert-OH is 2. The summed E-state index contributed by atoms with van der Waals surface area (Å²) in [6, 6.07) is 6.68. The highest BCUT2D eigenvalue weighted by Crippen LogP contribution is 2.67. The molecule has 2 aliphatic carbocycles. The van der Waals surface area contributed by atoms with Gasteiger partial charge in [-0.2, -0.15) is 0 Å². The maximum absolute atomic E-state index is 12.4. The Kier molecular flexibility index (Phi) is 4.82. The van der Waals surface area contributed by atoms with Crippen molar-refractivity contribution in [3.63, 3.8) is 0 Å². The number of aromatic nitrogens is 4. The molecule has 0 bridgehead atoms. The van der Waals surface area contributed by atoms with E-state index in [2.05, 4.69) is 37.4 Å². The molecule has 1 amide bonds. The number of benzene rings is 1. The minimum Gasteiger partial charge on any atom is -0.389 e. The average Bonchev–Trinajstić information content (AvgIpc) is 3.34. The Bertz CT molecular complexity index is 1300. The van der Waals surface area contributed by atoms with Crippen molar-refractivity contribution in [3.8, 4) is 11.8 Å². The van der Waals surface area contributed by atoms with E-state index in [-0.39, 0.29) is 17.6 Å².